The fraction of sp³-hybridized carbons (Fsp3) is 0.381. The van der Waals surface area contributed by atoms with E-state index < -0.39 is 27.8 Å². The fourth-order valence-electron chi connectivity index (χ4n) is 3.45. The third-order valence-corrected chi connectivity index (χ3v) is 7.68. The second kappa shape index (κ2) is 10.4. The molecule has 2 heterocycles. The lowest BCUT2D eigenvalue weighted by Gasteiger charge is -2.25. The summed E-state index contributed by atoms with van der Waals surface area (Å²) in [6.45, 7) is 2.54. The van der Waals surface area contributed by atoms with E-state index in [2.05, 4.69) is 4.72 Å². The molecule has 1 aliphatic rings. The molecule has 0 saturated carbocycles. The monoisotopic (exact) mass is 501 g/mol. The van der Waals surface area contributed by atoms with Gasteiger partial charge in [0.05, 0.1) is 16.6 Å². The van der Waals surface area contributed by atoms with Crippen LogP contribution < -0.4 is 9.62 Å². The first-order chi connectivity index (χ1) is 15.1. The van der Waals surface area contributed by atoms with E-state index in [4.69, 9.17) is 16.7 Å². The van der Waals surface area contributed by atoms with Crippen LogP contribution in [0.15, 0.2) is 35.7 Å². The second-order valence-electron chi connectivity index (χ2n) is 7.53. The van der Waals surface area contributed by atoms with Gasteiger partial charge in [0, 0.05) is 29.4 Å². The lowest BCUT2D eigenvalue weighted by atomic mass is 10.1. The van der Waals surface area contributed by atoms with Crippen LogP contribution in [-0.2, 0) is 14.8 Å². The van der Waals surface area contributed by atoms with Gasteiger partial charge in [0.25, 0.3) is 0 Å². The van der Waals surface area contributed by atoms with E-state index in [0.717, 1.165) is 5.41 Å². The molecule has 2 unspecified atom stereocenters. The number of aliphatic hydroxyl groups is 1. The summed E-state index contributed by atoms with van der Waals surface area (Å²) in [4.78, 5) is 16.6. The number of nitrogens with one attached hydrogen (secondary N) is 1. The average molecular weight is 502 g/mol. The number of amides is 1. The zero-order valence-electron chi connectivity index (χ0n) is 17.7. The predicted octanol–water partition coefficient (Wildman–Crippen LogP) is 3.22. The van der Waals surface area contributed by atoms with Crippen molar-refractivity contribution in [1.29, 1.82) is 0 Å². The molecule has 1 saturated heterocycles. The molecule has 32 heavy (non-hydrogen) atoms. The largest absolute Gasteiger partial charge is 0.395 e. The molecule has 1 aromatic carbocycles. The summed E-state index contributed by atoms with van der Waals surface area (Å²) in [5.41, 5.74) is 0.825. The minimum absolute atomic E-state index is 0.00274. The van der Waals surface area contributed by atoms with E-state index in [1.165, 1.54) is 34.4 Å². The Labute approximate surface area is 196 Å². The number of thiophene rings is 1. The molecule has 2 atom stereocenters. The summed E-state index contributed by atoms with van der Waals surface area (Å²) in [6, 6.07) is 6.90. The second-order valence-corrected chi connectivity index (χ2v) is 10.9. The number of carbonyl (C=O) groups is 1. The van der Waals surface area contributed by atoms with Crippen LogP contribution in [-0.4, -0.2) is 57.1 Å². The molecule has 1 fully saturated rings. The van der Waals surface area contributed by atoms with Crippen molar-refractivity contribution in [1.82, 2.24) is 9.62 Å². The Hall–Kier alpha value is -1.82. The van der Waals surface area contributed by atoms with Gasteiger partial charge in [-0.1, -0.05) is 17.7 Å². The Kier molecular flexibility index (Phi) is 8.07. The summed E-state index contributed by atoms with van der Waals surface area (Å²) in [5, 5.41) is 10.1. The number of likely N-dealkylation sites (N-methyl/N-ethyl adjacent to an activating group) is 1. The first-order valence-electron chi connectivity index (χ1n) is 9.99. The van der Waals surface area contributed by atoms with Crippen LogP contribution in [0.5, 0.6) is 0 Å². The molecule has 0 aliphatic carbocycles. The van der Waals surface area contributed by atoms with Gasteiger partial charge in [0.1, 0.15) is 11.9 Å². The van der Waals surface area contributed by atoms with Gasteiger partial charge in [-0.2, -0.15) is 4.72 Å². The number of rotatable bonds is 9. The third-order valence-electron chi connectivity index (χ3n) is 5.38. The molecule has 0 bridgehead atoms. The van der Waals surface area contributed by atoms with Gasteiger partial charge in [-0.25, -0.2) is 12.8 Å². The van der Waals surface area contributed by atoms with Crippen molar-refractivity contribution in [3.05, 3.63) is 56.3 Å². The number of carbonyl (C=O) groups excluding carboxylic acids is 1. The Morgan fingerprint density at radius 2 is 2.16 bits per heavy atom. The molecule has 1 aromatic heterocycles. The highest BCUT2D eigenvalue weighted by molar-refractivity contribution is 7.92. The smallest absolute Gasteiger partial charge is 0.245 e. The molecule has 2 N–H and O–H groups in total. The summed E-state index contributed by atoms with van der Waals surface area (Å²) < 4.78 is 42.5. The van der Waals surface area contributed by atoms with Gasteiger partial charge in [-0.15, -0.1) is 11.3 Å². The third kappa shape index (κ3) is 5.94. The summed E-state index contributed by atoms with van der Waals surface area (Å²) in [7, 11) is -2.04. The molecule has 7 nitrogen and oxygen atoms in total. The minimum Gasteiger partial charge on any atom is -0.395 e. The van der Waals surface area contributed by atoms with Crippen molar-refractivity contribution in [2.45, 2.75) is 25.4 Å². The topological polar surface area (TPSA) is 90.0 Å². The quantitative estimate of drug-likeness (QED) is 0.550. The highest BCUT2D eigenvalue weighted by atomic mass is 35.5. The van der Waals surface area contributed by atoms with Gasteiger partial charge < -0.3 is 10.0 Å². The van der Waals surface area contributed by atoms with E-state index >= 15 is 0 Å². The maximum absolute atomic E-state index is 14.8. The van der Waals surface area contributed by atoms with Crippen LogP contribution in [0.2, 0.25) is 4.34 Å². The molecule has 0 spiro atoms. The zero-order chi connectivity index (χ0) is 23.5. The van der Waals surface area contributed by atoms with Crippen molar-refractivity contribution in [3.63, 3.8) is 0 Å². The van der Waals surface area contributed by atoms with E-state index in [-0.39, 0.29) is 31.3 Å². The number of anilines is 1. The van der Waals surface area contributed by atoms with E-state index in [9.17, 15) is 17.6 Å². The summed E-state index contributed by atoms with van der Waals surface area (Å²) in [5.74, 6) is -1.06. The van der Waals surface area contributed by atoms with Crippen LogP contribution in [0.3, 0.4) is 0 Å². The van der Waals surface area contributed by atoms with Crippen LogP contribution >= 0.6 is 22.9 Å². The number of hydrogen-bond acceptors (Lipinski definition) is 6. The van der Waals surface area contributed by atoms with E-state index in [1.54, 1.807) is 18.2 Å². The number of hydrogen-bond donors (Lipinski definition) is 2. The zero-order valence-corrected chi connectivity index (χ0v) is 20.1. The van der Waals surface area contributed by atoms with Crippen molar-refractivity contribution in [3.8, 4) is 0 Å². The normalized spacial score (nSPS) is 18.2. The van der Waals surface area contributed by atoms with Crippen LogP contribution in [0.1, 0.15) is 29.8 Å². The highest BCUT2D eigenvalue weighted by Gasteiger charge is 2.36. The van der Waals surface area contributed by atoms with Crippen molar-refractivity contribution in [2.24, 2.45) is 0 Å². The fourth-order valence-corrected chi connectivity index (χ4v) is 5.52. The Bertz CT molecular complexity index is 1110. The number of halogens is 2. The number of sulfonamides is 1. The first kappa shape index (κ1) is 24.8. The van der Waals surface area contributed by atoms with Gasteiger partial charge in [-0.05, 0) is 56.3 Å². The maximum atomic E-state index is 14.8. The van der Waals surface area contributed by atoms with Gasteiger partial charge in [-0.3, -0.25) is 9.69 Å². The molecule has 1 amide bonds. The maximum Gasteiger partial charge on any atom is 0.245 e. The lowest BCUT2D eigenvalue weighted by molar-refractivity contribution is -0.118. The molecule has 1 aliphatic heterocycles. The minimum atomic E-state index is -3.87. The number of nitrogens with zero attached hydrogens (tertiary/aromatic N) is 2. The van der Waals surface area contributed by atoms with Crippen LogP contribution in [0.25, 0.3) is 6.08 Å². The van der Waals surface area contributed by atoms with E-state index in [0.29, 0.717) is 21.3 Å². The van der Waals surface area contributed by atoms with Crippen LogP contribution in [0.4, 0.5) is 10.1 Å². The molecule has 11 heteroatoms. The molecule has 3 rings (SSSR count). The molecular formula is C21H25ClFN3O4S2. The standard InChI is InChI=1S/C21H25ClFN3O4S2/c1-14(25(2)10-11-27)15-3-5-19(17(23)13-15)26-9-7-18(21(26)28)24-32(29,30)12-8-16-4-6-20(22)31-16/h3-6,8,12-14,18,24,27H,7,9-11H2,1-2H3/b12-8+. The summed E-state index contributed by atoms with van der Waals surface area (Å²) >= 11 is 7.07. The van der Waals surface area contributed by atoms with Crippen molar-refractivity contribution >= 4 is 50.6 Å². The highest BCUT2D eigenvalue weighted by Crippen LogP contribution is 2.29. The molecule has 0 radical (unpaired) electrons. The predicted molar refractivity (Wildman–Crippen MR) is 126 cm³/mol. The lowest BCUT2D eigenvalue weighted by Crippen LogP contribution is -2.40. The number of aliphatic hydroxyl groups excluding tert-OH is 1. The SMILES string of the molecule is CC(c1ccc(N2CCC(NS(=O)(=O)/C=C/c3ccc(Cl)s3)C2=O)c(F)c1)N(C)CCO. The average Bonchev–Trinajstić information content (AvgIpc) is 3.31. The van der Waals surface area contributed by atoms with Gasteiger partial charge in [0.2, 0.25) is 15.9 Å². The number of benzene rings is 1. The molecular weight excluding hydrogens is 477 g/mol. The molecule has 174 valence electrons. The van der Waals surface area contributed by atoms with E-state index in [1.807, 2.05) is 18.9 Å². The van der Waals surface area contributed by atoms with Gasteiger partial charge in [0.15, 0.2) is 0 Å². The molecule has 2 aromatic rings. The van der Waals surface area contributed by atoms with Crippen LogP contribution in [0, 0.1) is 5.82 Å². The Morgan fingerprint density at radius 1 is 1.41 bits per heavy atom. The van der Waals surface area contributed by atoms with Crippen molar-refractivity contribution in [2.75, 3.05) is 31.6 Å². The van der Waals surface area contributed by atoms with Crippen molar-refractivity contribution < 1.29 is 22.7 Å². The van der Waals surface area contributed by atoms with Gasteiger partial charge >= 0.3 is 0 Å². The first-order valence-corrected chi connectivity index (χ1v) is 12.7. The Balaban J connectivity index is 1.69. The summed E-state index contributed by atoms with van der Waals surface area (Å²) in [6.07, 6.45) is 1.64. The Morgan fingerprint density at radius 3 is 2.78 bits per heavy atom.